The molecule has 1 aliphatic rings. The number of carbonyl (C=O) groups is 1. The molecular formula is C17H15Cl2NO3. The minimum Gasteiger partial charge on any atom is -0.492 e. The molecule has 1 heterocycles. The van der Waals surface area contributed by atoms with Crippen molar-refractivity contribution in [1.82, 2.24) is 5.32 Å². The number of benzene rings is 2. The zero-order valence-electron chi connectivity index (χ0n) is 12.4. The van der Waals surface area contributed by atoms with Gasteiger partial charge in [0.15, 0.2) is 0 Å². The predicted octanol–water partition coefficient (Wildman–Crippen LogP) is 3.79. The Balaban J connectivity index is 1.72. The molecule has 120 valence electrons. The molecule has 2 aromatic rings. The van der Waals surface area contributed by atoms with E-state index in [1.807, 2.05) is 18.2 Å². The van der Waals surface area contributed by atoms with E-state index in [2.05, 4.69) is 5.32 Å². The molecule has 0 aliphatic carbocycles. The second-order valence-corrected chi connectivity index (χ2v) is 6.05. The summed E-state index contributed by atoms with van der Waals surface area (Å²) in [6, 6.07) is 10.8. The molecule has 23 heavy (non-hydrogen) atoms. The Morgan fingerprint density at radius 3 is 2.87 bits per heavy atom. The summed E-state index contributed by atoms with van der Waals surface area (Å²) < 4.78 is 11.3. The van der Waals surface area contributed by atoms with Crippen molar-refractivity contribution in [1.29, 1.82) is 0 Å². The monoisotopic (exact) mass is 351 g/mol. The lowest BCUT2D eigenvalue weighted by Crippen LogP contribution is -2.26. The molecule has 4 nitrogen and oxygen atoms in total. The molecule has 0 saturated heterocycles. The van der Waals surface area contributed by atoms with Gasteiger partial charge in [0.2, 0.25) is 5.91 Å². The molecule has 2 aromatic carbocycles. The predicted molar refractivity (Wildman–Crippen MR) is 89.5 cm³/mol. The second kappa shape index (κ2) is 6.69. The molecule has 1 aliphatic heterocycles. The van der Waals surface area contributed by atoms with Crippen molar-refractivity contribution in [2.24, 2.45) is 0 Å². The van der Waals surface area contributed by atoms with E-state index < -0.39 is 0 Å². The molecule has 6 heteroatoms. The zero-order chi connectivity index (χ0) is 16.4. The maximum Gasteiger partial charge on any atom is 0.230 e. The van der Waals surface area contributed by atoms with Crippen molar-refractivity contribution in [2.45, 2.75) is 12.5 Å². The molecule has 0 aromatic heterocycles. The molecule has 0 fully saturated rings. The highest BCUT2D eigenvalue weighted by molar-refractivity contribution is 6.35. The average Bonchev–Trinajstić information content (AvgIpc) is 2.96. The van der Waals surface area contributed by atoms with Crippen LogP contribution in [0.3, 0.4) is 0 Å². The standard InChI is InChI=1S/C17H15Cl2NO3/c1-20-17(21)14-9-23-16-7-12(4-5-13(14)16)22-8-10-2-3-11(18)6-15(10)19/h2-7,14H,8-9H2,1H3,(H,20,21). The Bertz CT molecular complexity index is 749. The van der Waals surface area contributed by atoms with Crippen LogP contribution in [0.25, 0.3) is 0 Å². The number of likely N-dealkylation sites (N-methyl/N-ethyl adjacent to an activating group) is 1. The minimum absolute atomic E-state index is 0.0506. The van der Waals surface area contributed by atoms with Crippen LogP contribution in [-0.2, 0) is 11.4 Å². The third-order valence-corrected chi connectivity index (χ3v) is 4.33. The first-order valence-corrected chi connectivity index (χ1v) is 7.89. The Morgan fingerprint density at radius 1 is 1.30 bits per heavy atom. The largest absolute Gasteiger partial charge is 0.492 e. The number of hydrogen-bond donors (Lipinski definition) is 1. The van der Waals surface area contributed by atoms with Gasteiger partial charge in [-0.25, -0.2) is 0 Å². The second-order valence-electron chi connectivity index (χ2n) is 5.20. The van der Waals surface area contributed by atoms with Gasteiger partial charge in [0.05, 0.1) is 0 Å². The molecule has 0 spiro atoms. The van der Waals surface area contributed by atoms with Crippen molar-refractivity contribution in [3.05, 3.63) is 57.6 Å². The van der Waals surface area contributed by atoms with Crippen LogP contribution < -0.4 is 14.8 Å². The Morgan fingerprint density at radius 2 is 2.13 bits per heavy atom. The minimum atomic E-state index is -0.269. The van der Waals surface area contributed by atoms with Gasteiger partial charge in [-0.15, -0.1) is 0 Å². The Labute approximate surface area is 144 Å². The summed E-state index contributed by atoms with van der Waals surface area (Å²) in [4.78, 5) is 11.8. The molecule has 1 N–H and O–H groups in total. The van der Waals surface area contributed by atoms with E-state index in [0.717, 1.165) is 11.1 Å². The van der Waals surface area contributed by atoms with E-state index in [0.29, 0.717) is 34.8 Å². The van der Waals surface area contributed by atoms with Crippen LogP contribution in [-0.4, -0.2) is 19.6 Å². The van der Waals surface area contributed by atoms with E-state index in [1.54, 1.807) is 25.2 Å². The number of carbonyl (C=O) groups excluding carboxylic acids is 1. The molecule has 0 saturated carbocycles. The fourth-order valence-electron chi connectivity index (χ4n) is 2.47. The van der Waals surface area contributed by atoms with Crippen LogP contribution in [0.15, 0.2) is 36.4 Å². The molecule has 0 radical (unpaired) electrons. The van der Waals surface area contributed by atoms with Gasteiger partial charge in [-0.2, -0.15) is 0 Å². The maximum absolute atomic E-state index is 11.8. The fourth-order valence-corrected chi connectivity index (χ4v) is 2.93. The van der Waals surface area contributed by atoms with Crippen molar-refractivity contribution in [3.8, 4) is 11.5 Å². The molecule has 1 amide bonds. The number of ether oxygens (including phenoxy) is 2. The maximum atomic E-state index is 11.8. The van der Waals surface area contributed by atoms with Crippen LogP contribution in [0.1, 0.15) is 17.0 Å². The summed E-state index contributed by atoms with van der Waals surface area (Å²) in [7, 11) is 1.62. The highest BCUT2D eigenvalue weighted by atomic mass is 35.5. The van der Waals surface area contributed by atoms with Gasteiger partial charge < -0.3 is 14.8 Å². The first-order chi connectivity index (χ1) is 11.1. The van der Waals surface area contributed by atoms with Gasteiger partial charge in [0.1, 0.15) is 30.6 Å². The van der Waals surface area contributed by atoms with Crippen molar-refractivity contribution < 1.29 is 14.3 Å². The first-order valence-electron chi connectivity index (χ1n) is 7.13. The van der Waals surface area contributed by atoms with E-state index in [4.69, 9.17) is 32.7 Å². The van der Waals surface area contributed by atoms with Gasteiger partial charge in [-0.3, -0.25) is 4.79 Å². The van der Waals surface area contributed by atoms with Crippen LogP contribution in [0.5, 0.6) is 11.5 Å². The highest BCUT2D eigenvalue weighted by Gasteiger charge is 2.29. The first kappa shape index (κ1) is 16.0. The third kappa shape index (κ3) is 3.38. The Kier molecular flexibility index (Phi) is 4.64. The summed E-state index contributed by atoms with van der Waals surface area (Å²) >= 11 is 12.0. The van der Waals surface area contributed by atoms with E-state index >= 15 is 0 Å². The van der Waals surface area contributed by atoms with Crippen LogP contribution in [0.4, 0.5) is 0 Å². The number of fused-ring (bicyclic) bond motifs is 1. The lowest BCUT2D eigenvalue weighted by molar-refractivity contribution is -0.122. The molecule has 3 rings (SSSR count). The van der Waals surface area contributed by atoms with Crippen molar-refractivity contribution in [2.75, 3.05) is 13.7 Å². The fraction of sp³-hybridized carbons (Fsp3) is 0.235. The number of halogens is 2. The summed E-state index contributed by atoms with van der Waals surface area (Å²) in [6.07, 6.45) is 0. The summed E-state index contributed by atoms with van der Waals surface area (Å²) in [5.41, 5.74) is 1.72. The smallest absolute Gasteiger partial charge is 0.230 e. The SMILES string of the molecule is CNC(=O)C1COc2cc(OCc3ccc(Cl)cc3Cl)ccc21. The van der Waals surface area contributed by atoms with Gasteiger partial charge in [-0.1, -0.05) is 35.3 Å². The number of nitrogens with one attached hydrogen (secondary N) is 1. The molecule has 1 atom stereocenters. The van der Waals surface area contributed by atoms with Crippen molar-refractivity contribution in [3.63, 3.8) is 0 Å². The normalized spacial score (nSPS) is 15.7. The molecule has 1 unspecified atom stereocenters. The van der Waals surface area contributed by atoms with E-state index in [9.17, 15) is 4.79 Å². The summed E-state index contributed by atoms with van der Waals surface area (Å²) in [5, 5.41) is 3.80. The van der Waals surface area contributed by atoms with E-state index in [1.165, 1.54) is 0 Å². The summed E-state index contributed by atoms with van der Waals surface area (Å²) in [5.74, 6) is 1.02. The van der Waals surface area contributed by atoms with Gasteiger partial charge in [0, 0.05) is 34.3 Å². The van der Waals surface area contributed by atoms with Crippen LogP contribution >= 0.6 is 23.2 Å². The molecule has 0 bridgehead atoms. The lowest BCUT2D eigenvalue weighted by atomic mass is 10.0. The number of rotatable bonds is 4. The summed E-state index contributed by atoms with van der Waals surface area (Å²) in [6.45, 7) is 0.676. The highest BCUT2D eigenvalue weighted by Crippen LogP contribution is 2.37. The quantitative estimate of drug-likeness (QED) is 0.911. The third-order valence-electron chi connectivity index (χ3n) is 3.74. The van der Waals surface area contributed by atoms with Gasteiger partial charge in [0.25, 0.3) is 0 Å². The Hall–Kier alpha value is -1.91. The van der Waals surface area contributed by atoms with Gasteiger partial charge in [-0.05, 0) is 18.2 Å². The van der Waals surface area contributed by atoms with Crippen LogP contribution in [0.2, 0.25) is 10.0 Å². The van der Waals surface area contributed by atoms with Crippen molar-refractivity contribution >= 4 is 29.1 Å². The topological polar surface area (TPSA) is 47.6 Å². The number of amides is 1. The zero-order valence-corrected chi connectivity index (χ0v) is 13.9. The van der Waals surface area contributed by atoms with Crippen LogP contribution in [0, 0.1) is 0 Å². The lowest BCUT2D eigenvalue weighted by Gasteiger charge is -2.10. The number of hydrogen-bond acceptors (Lipinski definition) is 3. The van der Waals surface area contributed by atoms with E-state index in [-0.39, 0.29) is 11.8 Å². The average molecular weight is 352 g/mol. The van der Waals surface area contributed by atoms with Gasteiger partial charge >= 0.3 is 0 Å². The molecular weight excluding hydrogens is 337 g/mol.